The van der Waals surface area contributed by atoms with Gasteiger partial charge < -0.3 is 4.57 Å². The van der Waals surface area contributed by atoms with E-state index in [1.54, 1.807) is 0 Å². The summed E-state index contributed by atoms with van der Waals surface area (Å²) in [5, 5.41) is 1.45. The van der Waals surface area contributed by atoms with Crippen LogP contribution in [0.15, 0.2) is 60.7 Å². The van der Waals surface area contributed by atoms with Crippen molar-refractivity contribution in [2.45, 2.75) is 11.7 Å². The first kappa shape index (κ1) is 15.9. The van der Waals surface area contributed by atoms with Gasteiger partial charge in [-0.3, -0.25) is 0 Å². The molecule has 1 aliphatic heterocycles. The Balaban J connectivity index is 2.00. The van der Waals surface area contributed by atoms with Crippen molar-refractivity contribution in [3.8, 4) is 0 Å². The zero-order valence-corrected chi connectivity index (χ0v) is 14.5. The molecule has 0 aliphatic carbocycles. The van der Waals surface area contributed by atoms with E-state index in [1.165, 1.54) is 11.4 Å². The van der Waals surface area contributed by atoms with E-state index >= 15 is 0 Å². The number of hydrogen-bond acceptors (Lipinski definition) is 4. The smallest absolute Gasteiger partial charge is 0.195 e. The zero-order chi connectivity index (χ0) is 15.6. The lowest BCUT2D eigenvalue weighted by Gasteiger charge is -2.21. The van der Waals surface area contributed by atoms with Crippen molar-refractivity contribution in [3.05, 3.63) is 60.7 Å². The third-order valence-corrected chi connectivity index (χ3v) is 11.7. The summed E-state index contributed by atoms with van der Waals surface area (Å²) < 4.78 is 37.1. The topological polar surface area (TPSA) is 51.2 Å². The fraction of sp³-hybridized carbons (Fsp3) is 0.250. The summed E-state index contributed by atoms with van der Waals surface area (Å²) in [6.45, 7) is 0. The summed E-state index contributed by atoms with van der Waals surface area (Å²) in [5.74, 6) is 0.329. The second-order valence-electron chi connectivity index (χ2n) is 5.35. The molecular weight excluding hydrogens is 335 g/mol. The summed E-state index contributed by atoms with van der Waals surface area (Å²) in [6.07, 6.45) is -2.30. The fourth-order valence-electron chi connectivity index (χ4n) is 2.57. The molecule has 1 atom stereocenters. The van der Waals surface area contributed by atoms with Crippen molar-refractivity contribution in [1.82, 2.24) is 0 Å². The summed E-state index contributed by atoms with van der Waals surface area (Å²) in [6, 6.07) is 18.7. The molecule has 1 aliphatic rings. The molecule has 1 saturated heterocycles. The molecule has 3 rings (SSSR count). The summed E-state index contributed by atoms with van der Waals surface area (Å²) >= 11 is 1.34. The van der Waals surface area contributed by atoms with Gasteiger partial charge in [0, 0.05) is 15.9 Å². The van der Waals surface area contributed by atoms with Gasteiger partial charge in [0.25, 0.3) is 0 Å². The number of rotatable bonds is 4. The van der Waals surface area contributed by atoms with Crippen LogP contribution in [-0.4, -0.2) is 25.2 Å². The van der Waals surface area contributed by atoms with Gasteiger partial charge in [0.15, 0.2) is 16.2 Å². The first-order valence-corrected chi connectivity index (χ1v) is 12.1. The minimum absolute atomic E-state index is 0.101. The van der Waals surface area contributed by atoms with E-state index in [2.05, 4.69) is 0 Å². The summed E-state index contributed by atoms with van der Waals surface area (Å²) in [4.78, 5) is 0. The molecular formula is C16H17O3PS2. The molecule has 0 amide bonds. The molecule has 0 aromatic heterocycles. The fourth-order valence-corrected chi connectivity index (χ4v) is 11.0. The highest BCUT2D eigenvalue weighted by molar-refractivity contribution is 8.62. The Morgan fingerprint density at radius 2 is 1.41 bits per heavy atom. The van der Waals surface area contributed by atoms with Crippen molar-refractivity contribution < 1.29 is 13.0 Å². The molecule has 116 valence electrons. The van der Waals surface area contributed by atoms with E-state index in [-0.39, 0.29) is 16.8 Å². The van der Waals surface area contributed by atoms with Gasteiger partial charge in [0.1, 0.15) is 0 Å². The van der Waals surface area contributed by atoms with Gasteiger partial charge in [-0.15, -0.1) is 0 Å². The van der Waals surface area contributed by atoms with Gasteiger partial charge in [-0.2, -0.15) is 0 Å². The SMILES string of the molecule is O=P(SC1CCS(=O)(=O)C1)(c1ccccc1)c1ccccc1. The van der Waals surface area contributed by atoms with Crippen LogP contribution < -0.4 is 10.6 Å². The van der Waals surface area contributed by atoms with Crippen molar-refractivity contribution >= 4 is 38.2 Å². The van der Waals surface area contributed by atoms with Crippen molar-refractivity contribution in [2.24, 2.45) is 0 Å². The average molecular weight is 352 g/mol. The highest BCUT2D eigenvalue weighted by Gasteiger charge is 2.37. The lowest BCUT2D eigenvalue weighted by atomic mass is 10.4. The van der Waals surface area contributed by atoms with Crippen LogP contribution in [-0.2, 0) is 14.4 Å². The predicted octanol–water partition coefficient (Wildman–Crippen LogP) is 2.84. The van der Waals surface area contributed by atoms with E-state index in [0.717, 1.165) is 10.6 Å². The Hall–Kier alpha value is -1.03. The van der Waals surface area contributed by atoms with Gasteiger partial charge in [-0.05, 0) is 6.42 Å². The predicted molar refractivity (Wildman–Crippen MR) is 94.4 cm³/mol. The van der Waals surface area contributed by atoms with Crippen LogP contribution >= 0.6 is 17.7 Å². The van der Waals surface area contributed by atoms with Crippen molar-refractivity contribution in [2.75, 3.05) is 11.5 Å². The number of benzene rings is 2. The lowest BCUT2D eigenvalue weighted by Crippen LogP contribution is -2.17. The first-order chi connectivity index (χ1) is 10.5. The van der Waals surface area contributed by atoms with Crippen LogP contribution in [0.1, 0.15) is 6.42 Å². The van der Waals surface area contributed by atoms with E-state index < -0.39 is 16.2 Å². The molecule has 0 N–H and O–H groups in total. The molecule has 2 aromatic rings. The maximum Gasteiger partial charge on any atom is 0.195 e. The maximum atomic E-state index is 13.8. The standard InChI is InChI=1S/C16H17O3PS2/c17-20(14-7-3-1-4-8-14,15-9-5-2-6-10-15)21-16-11-12-22(18,19)13-16/h1-10,16H,11-13H2. The van der Waals surface area contributed by atoms with Crippen molar-refractivity contribution in [1.29, 1.82) is 0 Å². The van der Waals surface area contributed by atoms with E-state index in [9.17, 15) is 13.0 Å². The largest absolute Gasteiger partial charge is 0.302 e. The minimum Gasteiger partial charge on any atom is -0.302 e. The molecule has 2 aromatic carbocycles. The van der Waals surface area contributed by atoms with Gasteiger partial charge in [0.05, 0.1) is 11.5 Å². The zero-order valence-electron chi connectivity index (χ0n) is 12.0. The summed E-state index contributed by atoms with van der Waals surface area (Å²) in [5.41, 5.74) is 0. The minimum atomic E-state index is -2.97. The van der Waals surface area contributed by atoms with Crippen LogP contribution in [0.5, 0.6) is 0 Å². The first-order valence-electron chi connectivity index (χ1n) is 7.10. The third-order valence-electron chi connectivity index (χ3n) is 3.68. The second-order valence-corrected chi connectivity index (χ2v) is 12.8. The number of sulfone groups is 1. The van der Waals surface area contributed by atoms with E-state index in [0.29, 0.717) is 6.42 Å². The maximum absolute atomic E-state index is 13.8. The molecule has 1 unspecified atom stereocenters. The lowest BCUT2D eigenvalue weighted by molar-refractivity contribution is 0.595. The van der Waals surface area contributed by atoms with Crippen LogP contribution in [0, 0.1) is 0 Å². The highest BCUT2D eigenvalue weighted by Crippen LogP contribution is 2.59. The van der Waals surface area contributed by atoms with Gasteiger partial charge in [-0.1, -0.05) is 72.0 Å². The Labute approximate surface area is 135 Å². The summed E-state index contributed by atoms with van der Waals surface area (Å²) in [7, 11) is -2.97. The molecule has 1 fully saturated rings. The van der Waals surface area contributed by atoms with E-state index in [4.69, 9.17) is 0 Å². The highest BCUT2D eigenvalue weighted by atomic mass is 32.7. The molecule has 0 radical (unpaired) electrons. The Morgan fingerprint density at radius 1 is 0.909 bits per heavy atom. The molecule has 0 spiro atoms. The molecule has 22 heavy (non-hydrogen) atoms. The molecule has 0 bridgehead atoms. The molecule has 1 heterocycles. The van der Waals surface area contributed by atoms with Crippen LogP contribution in [0.4, 0.5) is 0 Å². The average Bonchev–Trinajstić information content (AvgIpc) is 2.87. The Kier molecular flexibility index (Phi) is 4.49. The van der Waals surface area contributed by atoms with Gasteiger partial charge >= 0.3 is 0 Å². The third kappa shape index (κ3) is 3.32. The van der Waals surface area contributed by atoms with Crippen LogP contribution in [0.25, 0.3) is 0 Å². The normalized spacial score (nSPS) is 20.8. The molecule has 0 saturated carbocycles. The van der Waals surface area contributed by atoms with Crippen LogP contribution in [0.2, 0.25) is 0 Å². The van der Waals surface area contributed by atoms with Gasteiger partial charge in [-0.25, -0.2) is 8.42 Å². The second kappa shape index (κ2) is 6.23. The van der Waals surface area contributed by atoms with E-state index in [1.807, 2.05) is 60.7 Å². The molecule has 3 nitrogen and oxygen atoms in total. The van der Waals surface area contributed by atoms with Crippen molar-refractivity contribution in [3.63, 3.8) is 0 Å². The quantitative estimate of drug-likeness (QED) is 0.794. The monoisotopic (exact) mass is 352 g/mol. The van der Waals surface area contributed by atoms with Gasteiger partial charge in [0.2, 0.25) is 0 Å². The number of hydrogen-bond donors (Lipinski definition) is 0. The Morgan fingerprint density at radius 3 is 1.82 bits per heavy atom. The Bertz CT molecular complexity index is 745. The van der Waals surface area contributed by atoms with Crippen LogP contribution in [0.3, 0.4) is 0 Å². The molecule has 6 heteroatoms.